The zero-order valence-corrected chi connectivity index (χ0v) is 12.8. The summed E-state index contributed by atoms with van der Waals surface area (Å²) in [4.78, 5) is 10.3. The Balaban J connectivity index is 3.02. The third-order valence-corrected chi connectivity index (χ3v) is 3.45. The van der Waals surface area contributed by atoms with E-state index in [1.807, 2.05) is 0 Å². The van der Waals surface area contributed by atoms with E-state index in [-0.39, 0.29) is 0 Å². The lowest BCUT2D eigenvalue weighted by molar-refractivity contribution is -0.137. The molecule has 0 rings (SSSR count). The Labute approximate surface area is 123 Å². The molecular formula is C16H29ClO2. The van der Waals surface area contributed by atoms with E-state index in [1.54, 1.807) is 0 Å². The van der Waals surface area contributed by atoms with Crippen LogP contribution in [0, 0.1) is 0 Å². The van der Waals surface area contributed by atoms with Gasteiger partial charge in [0.25, 0.3) is 0 Å². The van der Waals surface area contributed by atoms with E-state index in [1.165, 1.54) is 44.9 Å². The van der Waals surface area contributed by atoms with Crippen molar-refractivity contribution < 1.29 is 9.90 Å². The summed E-state index contributed by atoms with van der Waals surface area (Å²) in [6.45, 7) is 0. The highest BCUT2D eigenvalue weighted by atomic mass is 35.5. The van der Waals surface area contributed by atoms with Crippen LogP contribution in [-0.2, 0) is 4.79 Å². The number of carboxylic acid groups (broad SMARTS) is 1. The highest BCUT2D eigenvalue weighted by molar-refractivity contribution is 6.17. The standard InChI is InChI=1S/C16H29ClO2/c17-15-13-11-9-7-5-3-1-2-4-6-8-10-12-14-16(18)19/h7,9H,1-6,8,10-15H2,(H,18,19). The number of carbonyl (C=O) groups is 1. The molecular weight excluding hydrogens is 260 g/mol. The Morgan fingerprint density at radius 2 is 1.26 bits per heavy atom. The summed E-state index contributed by atoms with van der Waals surface area (Å²) >= 11 is 5.60. The largest absolute Gasteiger partial charge is 0.481 e. The van der Waals surface area contributed by atoms with Gasteiger partial charge < -0.3 is 5.11 Å². The highest BCUT2D eigenvalue weighted by Gasteiger charge is 1.96. The first-order valence-electron chi connectivity index (χ1n) is 7.70. The van der Waals surface area contributed by atoms with Crippen molar-refractivity contribution in [3.63, 3.8) is 0 Å². The second kappa shape index (κ2) is 15.6. The molecule has 0 aliphatic carbocycles. The smallest absolute Gasteiger partial charge is 0.303 e. The minimum atomic E-state index is -0.667. The van der Waals surface area contributed by atoms with Crippen molar-refractivity contribution in [1.82, 2.24) is 0 Å². The normalized spacial score (nSPS) is 11.2. The van der Waals surface area contributed by atoms with Gasteiger partial charge in [0.2, 0.25) is 0 Å². The Hall–Kier alpha value is -0.500. The molecule has 0 radical (unpaired) electrons. The Kier molecular flexibility index (Phi) is 15.1. The number of carboxylic acids is 1. The summed E-state index contributed by atoms with van der Waals surface area (Å²) in [5.74, 6) is 0.0932. The number of hydrogen-bond acceptors (Lipinski definition) is 1. The fraction of sp³-hybridized carbons (Fsp3) is 0.812. The van der Waals surface area contributed by atoms with Crippen molar-refractivity contribution in [1.29, 1.82) is 0 Å². The maximum Gasteiger partial charge on any atom is 0.303 e. The number of unbranched alkanes of at least 4 members (excludes halogenated alkanes) is 9. The van der Waals surface area contributed by atoms with Crippen LogP contribution in [0.1, 0.15) is 77.0 Å². The molecule has 0 fully saturated rings. The van der Waals surface area contributed by atoms with E-state index in [2.05, 4.69) is 12.2 Å². The minimum absolute atomic E-state index is 0.329. The molecule has 0 atom stereocenters. The molecule has 0 heterocycles. The minimum Gasteiger partial charge on any atom is -0.481 e. The summed E-state index contributed by atoms with van der Waals surface area (Å²) in [7, 11) is 0. The summed E-state index contributed by atoms with van der Waals surface area (Å²) in [5.41, 5.74) is 0. The van der Waals surface area contributed by atoms with Crippen LogP contribution in [0.15, 0.2) is 12.2 Å². The van der Waals surface area contributed by atoms with Gasteiger partial charge in [-0.1, -0.05) is 50.7 Å². The van der Waals surface area contributed by atoms with Crippen LogP contribution in [0.2, 0.25) is 0 Å². The molecule has 0 unspecified atom stereocenters. The van der Waals surface area contributed by atoms with Gasteiger partial charge in [-0.2, -0.15) is 0 Å². The quantitative estimate of drug-likeness (QED) is 0.258. The molecule has 0 bridgehead atoms. The molecule has 2 nitrogen and oxygen atoms in total. The van der Waals surface area contributed by atoms with Crippen LogP contribution in [0.3, 0.4) is 0 Å². The molecule has 0 aliphatic heterocycles. The third-order valence-electron chi connectivity index (χ3n) is 3.18. The van der Waals surface area contributed by atoms with Crippen molar-refractivity contribution in [2.24, 2.45) is 0 Å². The summed E-state index contributed by atoms with van der Waals surface area (Å²) in [6.07, 6.45) is 17.8. The monoisotopic (exact) mass is 288 g/mol. The van der Waals surface area contributed by atoms with Crippen molar-refractivity contribution in [2.45, 2.75) is 77.0 Å². The number of alkyl halides is 1. The zero-order valence-electron chi connectivity index (χ0n) is 12.1. The van der Waals surface area contributed by atoms with E-state index in [0.717, 1.165) is 31.6 Å². The van der Waals surface area contributed by atoms with Crippen molar-refractivity contribution in [3.05, 3.63) is 12.2 Å². The molecule has 19 heavy (non-hydrogen) atoms. The van der Waals surface area contributed by atoms with Crippen molar-refractivity contribution in [2.75, 3.05) is 5.88 Å². The molecule has 0 saturated heterocycles. The van der Waals surface area contributed by atoms with E-state index >= 15 is 0 Å². The van der Waals surface area contributed by atoms with Gasteiger partial charge in [0, 0.05) is 12.3 Å². The highest BCUT2D eigenvalue weighted by Crippen LogP contribution is 2.11. The second-order valence-electron chi connectivity index (χ2n) is 5.06. The zero-order chi connectivity index (χ0) is 14.2. The fourth-order valence-electron chi connectivity index (χ4n) is 2.03. The SMILES string of the molecule is O=C(O)CCCCCCCCCCC=CCCCCl. The Bertz CT molecular complexity index is 227. The number of halogens is 1. The van der Waals surface area contributed by atoms with Gasteiger partial charge in [0.05, 0.1) is 0 Å². The maximum atomic E-state index is 10.3. The van der Waals surface area contributed by atoms with Crippen LogP contribution in [-0.4, -0.2) is 17.0 Å². The predicted octanol–water partition coefficient (Wildman–Crippen LogP) is 5.55. The van der Waals surface area contributed by atoms with Crippen molar-refractivity contribution in [3.8, 4) is 0 Å². The van der Waals surface area contributed by atoms with Crippen molar-refractivity contribution >= 4 is 17.6 Å². The molecule has 0 amide bonds. The molecule has 3 heteroatoms. The van der Waals surface area contributed by atoms with Gasteiger partial charge in [-0.25, -0.2) is 0 Å². The molecule has 0 aliphatic rings. The van der Waals surface area contributed by atoms with Gasteiger partial charge in [-0.05, 0) is 32.1 Å². The number of hydrogen-bond donors (Lipinski definition) is 1. The molecule has 1 N–H and O–H groups in total. The van der Waals surface area contributed by atoms with E-state index in [4.69, 9.17) is 16.7 Å². The van der Waals surface area contributed by atoms with Gasteiger partial charge in [-0.15, -0.1) is 11.6 Å². The van der Waals surface area contributed by atoms with Gasteiger partial charge in [0.15, 0.2) is 0 Å². The summed E-state index contributed by atoms with van der Waals surface area (Å²) in [5, 5.41) is 8.49. The second-order valence-corrected chi connectivity index (χ2v) is 5.44. The lowest BCUT2D eigenvalue weighted by Crippen LogP contribution is -1.93. The first kappa shape index (κ1) is 18.5. The lowest BCUT2D eigenvalue weighted by Gasteiger charge is -2.00. The van der Waals surface area contributed by atoms with Crippen LogP contribution in [0.5, 0.6) is 0 Å². The molecule has 112 valence electrons. The number of rotatable bonds is 14. The molecule has 0 saturated carbocycles. The Morgan fingerprint density at radius 1 is 0.789 bits per heavy atom. The van der Waals surface area contributed by atoms with E-state index in [0.29, 0.717) is 6.42 Å². The molecule has 0 aromatic carbocycles. The lowest BCUT2D eigenvalue weighted by atomic mass is 10.1. The summed E-state index contributed by atoms with van der Waals surface area (Å²) in [6, 6.07) is 0. The number of allylic oxidation sites excluding steroid dienone is 2. The number of aliphatic carboxylic acids is 1. The van der Waals surface area contributed by atoms with Gasteiger partial charge >= 0.3 is 5.97 Å². The fourth-order valence-corrected chi connectivity index (χ4v) is 2.18. The first-order valence-corrected chi connectivity index (χ1v) is 8.23. The average molecular weight is 289 g/mol. The van der Waals surface area contributed by atoms with Gasteiger partial charge in [-0.3, -0.25) is 4.79 Å². The van der Waals surface area contributed by atoms with Crippen LogP contribution >= 0.6 is 11.6 Å². The average Bonchev–Trinajstić information content (AvgIpc) is 2.39. The summed E-state index contributed by atoms with van der Waals surface area (Å²) < 4.78 is 0. The van der Waals surface area contributed by atoms with Crippen LogP contribution < -0.4 is 0 Å². The predicted molar refractivity (Wildman–Crippen MR) is 82.9 cm³/mol. The topological polar surface area (TPSA) is 37.3 Å². The third kappa shape index (κ3) is 17.5. The van der Waals surface area contributed by atoms with Gasteiger partial charge in [0.1, 0.15) is 0 Å². The molecule has 0 spiro atoms. The molecule has 0 aromatic heterocycles. The van der Waals surface area contributed by atoms with Crippen LogP contribution in [0.4, 0.5) is 0 Å². The van der Waals surface area contributed by atoms with E-state index in [9.17, 15) is 4.79 Å². The van der Waals surface area contributed by atoms with Crippen LogP contribution in [0.25, 0.3) is 0 Å². The first-order chi connectivity index (χ1) is 9.27. The molecule has 0 aromatic rings. The maximum absolute atomic E-state index is 10.3. The van der Waals surface area contributed by atoms with E-state index < -0.39 is 5.97 Å². The Morgan fingerprint density at radius 3 is 1.79 bits per heavy atom.